The summed E-state index contributed by atoms with van der Waals surface area (Å²) in [6.45, 7) is 10.8. The van der Waals surface area contributed by atoms with Crippen molar-refractivity contribution in [1.82, 2.24) is 0 Å². The van der Waals surface area contributed by atoms with E-state index in [0.717, 1.165) is 11.5 Å². The van der Waals surface area contributed by atoms with Gasteiger partial charge in [0.2, 0.25) is 0 Å². The first-order chi connectivity index (χ1) is 7.35. The maximum atomic E-state index is 5.59. The molecule has 1 aromatic carbocycles. The van der Waals surface area contributed by atoms with Crippen LogP contribution in [0.2, 0.25) is 0 Å². The first-order valence-corrected chi connectivity index (χ1v) is 6.24. The lowest BCUT2D eigenvalue weighted by atomic mass is 9.81. The second-order valence-corrected chi connectivity index (χ2v) is 5.40. The molecule has 0 heterocycles. The molecule has 1 aromatic rings. The quantitative estimate of drug-likeness (QED) is 0.787. The third-order valence-corrected chi connectivity index (χ3v) is 4.05. The number of benzene rings is 1. The molecule has 0 fully saturated rings. The predicted octanol–water partition coefficient (Wildman–Crippen LogP) is 3.83. The molecular weight excluding hydrogens is 216 g/mol. The molecule has 0 atom stereocenters. The summed E-state index contributed by atoms with van der Waals surface area (Å²) in [7, 11) is 1.75. The Kier molecular flexibility index (Phi) is 3.95. The molecule has 0 aliphatic heterocycles. The monoisotopic (exact) mass is 238 g/mol. The van der Waals surface area contributed by atoms with Gasteiger partial charge in [-0.25, -0.2) is 0 Å². The van der Waals surface area contributed by atoms with Crippen LogP contribution < -0.4 is 4.74 Å². The average Bonchev–Trinajstić information content (AvgIpc) is 2.22. The van der Waals surface area contributed by atoms with Crippen LogP contribution >= 0.6 is 12.6 Å². The Hall–Kier alpha value is -0.630. The van der Waals surface area contributed by atoms with Crippen LogP contribution in [0, 0.1) is 20.8 Å². The van der Waals surface area contributed by atoms with Crippen molar-refractivity contribution in [2.45, 2.75) is 40.0 Å². The standard InChI is InChI=1S/C14H22OS/c1-9-7-10(2)12(14(4,5)8-16)13(15-6)11(9)3/h7,16H,8H2,1-6H3. The molecule has 1 rings (SSSR count). The zero-order valence-electron chi connectivity index (χ0n) is 11.1. The van der Waals surface area contributed by atoms with Gasteiger partial charge in [-0.1, -0.05) is 19.9 Å². The van der Waals surface area contributed by atoms with Crippen molar-refractivity contribution in [3.63, 3.8) is 0 Å². The van der Waals surface area contributed by atoms with Crippen molar-refractivity contribution in [3.05, 3.63) is 28.3 Å². The molecule has 0 aliphatic rings. The highest BCUT2D eigenvalue weighted by molar-refractivity contribution is 7.80. The topological polar surface area (TPSA) is 9.23 Å². The normalized spacial score (nSPS) is 11.7. The van der Waals surface area contributed by atoms with Gasteiger partial charge in [-0.2, -0.15) is 12.6 Å². The lowest BCUT2D eigenvalue weighted by molar-refractivity contribution is 0.394. The molecule has 0 spiro atoms. The molecule has 0 bridgehead atoms. The molecule has 0 aromatic heterocycles. The molecule has 0 aliphatic carbocycles. The van der Waals surface area contributed by atoms with E-state index in [1.165, 1.54) is 22.3 Å². The van der Waals surface area contributed by atoms with E-state index in [0.29, 0.717) is 0 Å². The second-order valence-electron chi connectivity index (χ2n) is 5.09. The fourth-order valence-electron chi connectivity index (χ4n) is 2.23. The van der Waals surface area contributed by atoms with Gasteiger partial charge >= 0.3 is 0 Å². The smallest absolute Gasteiger partial charge is 0.126 e. The highest BCUT2D eigenvalue weighted by atomic mass is 32.1. The maximum Gasteiger partial charge on any atom is 0.126 e. The minimum absolute atomic E-state index is 0.0387. The van der Waals surface area contributed by atoms with Crippen molar-refractivity contribution < 1.29 is 4.74 Å². The van der Waals surface area contributed by atoms with E-state index in [4.69, 9.17) is 4.74 Å². The van der Waals surface area contributed by atoms with Crippen molar-refractivity contribution in [2.24, 2.45) is 0 Å². The third kappa shape index (κ3) is 2.22. The van der Waals surface area contributed by atoms with Crippen LogP contribution in [-0.2, 0) is 5.41 Å². The van der Waals surface area contributed by atoms with Gasteiger partial charge in [0.05, 0.1) is 7.11 Å². The maximum absolute atomic E-state index is 5.59. The number of aryl methyl sites for hydroxylation is 2. The highest BCUT2D eigenvalue weighted by Gasteiger charge is 2.26. The van der Waals surface area contributed by atoms with Gasteiger partial charge in [-0.3, -0.25) is 0 Å². The van der Waals surface area contributed by atoms with Gasteiger partial charge in [0.25, 0.3) is 0 Å². The first-order valence-electron chi connectivity index (χ1n) is 5.61. The molecule has 0 radical (unpaired) electrons. The summed E-state index contributed by atoms with van der Waals surface area (Å²) < 4.78 is 5.59. The van der Waals surface area contributed by atoms with Crippen LogP contribution in [-0.4, -0.2) is 12.9 Å². The zero-order valence-corrected chi connectivity index (χ0v) is 12.0. The van der Waals surface area contributed by atoms with Crippen LogP contribution in [0.25, 0.3) is 0 Å². The van der Waals surface area contributed by atoms with Gasteiger partial charge in [-0.05, 0) is 43.2 Å². The summed E-state index contributed by atoms with van der Waals surface area (Å²) in [6.07, 6.45) is 0. The van der Waals surface area contributed by atoms with Gasteiger partial charge in [0.1, 0.15) is 5.75 Å². The average molecular weight is 238 g/mol. The molecule has 0 saturated carbocycles. The van der Waals surface area contributed by atoms with E-state index in [9.17, 15) is 0 Å². The van der Waals surface area contributed by atoms with Crippen molar-refractivity contribution in [2.75, 3.05) is 12.9 Å². The van der Waals surface area contributed by atoms with Gasteiger partial charge < -0.3 is 4.74 Å². The lowest BCUT2D eigenvalue weighted by Gasteiger charge is -2.29. The lowest BCUT2D eigenvalue weighted by Crippen LogP contribution is -2.22. The molecule has 16 heavy (non-hydrogen) atoms. The Morgan fingerprint density at radius 1 is 1.19 bits per heavy atom. The molecule has 0 N–H and O–H groups in total. The number of thiol groups is 1. The van der Waals surface area contributed by atoms with Crippen LogP contribution in [0.5, 0.6) is 5.75 Å². The second kappa shape index (κ2) is 4.70. The Labute approximate surface area is 105 Å². The molecule has 1 nitrogen and oxygen atoms in total. The number of hydrogen-bond acceptors (Lipinski definition) is 2. The number of rotatable bonds is 3. The van der Waals surface area contributed by atoms with Crippen molar-refractivity contribution in [1.29, 1.82) is 0 Å². The van der Waals surface area contributed by atoms with Crippen molar-refractivity contribution in [3.8, 4) is 5.75 Å². The third-order valence-electron chi connectivity index (χ3n) is 3.26. The Bertz CT molecular complexity index is 394. The largest absolute Gasteiger partial charge is 0.496 e. The van der Waals surface area contributed by atoms with Crippen LogP contribution in [0.1, 0.15) is 36.1 Å². The van der Waals surface area contributed by atoms with Gasteiger partial charge in [0, 0.05) is 11.0 Å². The zero-order chi connectivity index (χ0) is 12.5. The molecule has 0 amide bonds. The number of methoxy groups -OCH3 is 1. The van der Waals surface area contributed by atoms with E-state index in [2.05, 4.69) is 53.3 Å². The summed E-state index contributed by atoms with van der Waals surface area (Å²) >= 11 is 4.45. The van der Waals surface area contributed by atoms with E-state index >= 15 is 0 Å². The van der Waals surface area contributed by atoms with Crippen molar-refractivity contribution >= 4 is 12.6 Å². The fraction of sp³-hybridized carbons (Fsp3) is 0.571. The van der Waals surface area contributed by atoms with Crippen LogP contribution in [0.4, 0.5) is 0 Å². The predicted molar refractivity (Wildman–Crippen MR) is 74.1 cm³/mol. The van der Waals surface area contributed by atoms with E-state index in [1.807, 2.05) is 0 Å². The molecule has 0 saturated heterocycles. The molecule has 0 unspecified atom stereocenters. The van der Waals surface area contributed by atoms with Gasteiger partial charge in [0.15, 0.2) is 0 Å². The molecule has 2 heteroatoms. The summed E-state index contributed by atoms with van der Waals surface area (Å²) in [4.78, 5) is 0. The van der Waals surface area contributed by atoms with E-state index in [-0.39, 0.29) is 5.41 Å². The first kappa shape index (κ1) is 13.4. The summed E-state index contributed by atoms with van der Waals surface area (Å²) in [5.74, 6) is 1.84. The number of ether oxygens (including phenoxy) is 1. The Balaban J connectivity index is 3.55. The Morgan fingerprint density at radius 2 is 1.75 bits per heavy atom. The van der Waals surface area contributed by atoms with Crippen LogP contribution in [0.15, 0.2) is 6.07 Å². The minimum atomic E-state index is 0.0387. The molecule has 90 valence electrons. The highest BCUT2D eigenvalue weighted by Crippen LogP contribution is 2.38. The Morgan fingerprint density at radius 3 is 2.19 bits per heavy atom. The van der Waals surface area contributed by atoms with E-state index < -0.39 is 0 Å². The fourth-order valence-corrected chi connectivity index (χ4v) is 2.38. The summed E-state index contributed by atoms with van der Waals surface area (Å²) in [5.41, 5.74) is 5.13. The van der Waals surface area contributed by atoms with Gasteiger partial charge in [-0.15, -0.1) is 0 Å². The van der Waals surface area contributed by atoms with Crippen LogP contribution in [0.3, 0.4) is 0 Å². The number of hydrogen-bond donors (Lipinski definition) is 1. The minimum Gasteiger partial charge on any atom is -0.496 e. The summed E-state index contributed by atoms with van der Waals surface area (Å²) in [6, 6.07) is 2.23. The SMILES string of the molecule is COc1c(C)c(C)cc(C)c1C(C)(C)CS. The molecular formula is C14H22OS. The summed E-state index contributed by atoms with van der Waals surface area (Å²) in [5, 5.41) is 0. The van der Waals surface area contributed by atoms with E-state index in [1.54, 1.807) is 7.11 Å².